The van der Waals surface area contributed by atoms with Crippen LogP contribution < -0.4 is 10.5 Å². The number of methoxy groups -OCH3 is 1. The average Bonchev–Trinajstić information content (AvgIpc) is 2.32. The summed E-state index contributed by atoms with van der Waals surface area (Å²) >= 11 is 5.83. The summed E-state index contributed by atoms with van der Waals surface area (Å²) in [5.74, 6) is 0.595. The molecule has 2 N–H and O–H groups in total. The molecule has 1 rings (SSSR count). The SMILES string of the molecule is COCCCOCCOc1cc(Cl)ccc1N. The molecule has 17 heavy (non-hydrogen) atoms. The van der Waals surface area contributed by atoms with Gasteiger partial charge in [0.25, 0.3) is 0 Å². The normalized spacial score (nSPS) is 10.5. The fraction of sp³-hybridized carbons (Fsp3) is 0.500. The number of anilines is 1. The maximum Gasteiger partial charge on any atom is 0.143 e. The van der Waals surface area contributed by atoms with Gasteiger partial charge in [-0.1, -0.05) is 11.6 Å². The quantitative estimate of drug-likeness (QED) is 0.575. The molecule has 96 valence electrons. The molecule has 0 spiro atoms. The zero-order valence-electron chi connectivity index (χ0n) is 9.95. The first-order valence-electron chi connectivity index (χ1n) is 5.48. The first-order chi connectivity index (χ1) is 8.24. The van der Waals surface area contributed by atoms with Crippen LogP contribution in [0.4, 0.5) is 5.69 Å². The molecule has 0 fully saturated rings. The molecule has 0 bridgehead atoms. The van der Waals surface area contributed by atoms with E-state index in [1.165, 1.54) is 0 Å². The van der Waals surface area contributed by atoms with Crippen LogP contribution in [-0.4, -0.2) is 33.5 Å². The number of nitrogen functional groups attached to an aromatic ring is 1. The number of hydrogen-bond acceptors (Lipinski definition) is 4. The van der Waals surface area contributed by atoms with Gasteiger partial charge in [-0.2, -0.15) is 0 Å². The third-order valence-electron chi connectivity index (χ3n) is 2.10. The van der Waals surface area contributed by atoms with Gasteiger partial charge >= 0.3 is 0 Å². The number of rotatable bonds is 8. The Hall–Kier alpha value is -0.970. The minimum Gasteiger partial charge on any atom is -0.489 e. The van der Waals surface area contributed by atoms with Gasteiger partial charge in [-0.3, -0.25) is 0 Å². The molecular weight excluding hydrogens is 242 g/mol. The van der Waals surface area contributed by atoms with Crippen molar-refractivity contribution in [1.29, 1.82) is 0 Å². The highest BCUT2D eigenvalue weighted by molar-refractivity contribution is 6.30. The van der Waals surface area contributed by atoms with Crippen molar-refractivity contribution in [3.05, 3.63) is 23.2 Å². The molecule has 5 heteroatoms. The molecule has 0 heterocycles. The van der Waals surface area contributed by atoms with E-state index in [0.717, 1.165) is 6.42 Å². The van der Waals surface area contributed by atoms with Crippen LogP contribution in [0.25, 0.3) is 0 Å². The Kier molecular flexibility index (Phi) is 6.77. The first-order valence-corrected chi connectivity index (χ1v) is 5.86. The van der Waals surface area contributed by atoms with Crippen molar-refractivity contribution >= 4 is 17.3 Å². The van der Waals surface area contributed by atoms with E-state index >= 15 is 0 Å². The molecule has 0 atom stereocenters. The molecule has 4 nitrogen and oxygen atoms in total. The molecule has 1 aromatic carbocycles. The maximum absolute atomic E-state index is 5.83. The molecule has 0 saturated carbocycles. The summed E-state index contributed by atoms with van der Waals surface area (Å²) in [5, 5.41) is 0.607. The molecule has 0 amide bonds. The van der Waals surface area contributed by atoms with E-state index in [4.69, 9.17) is 31.5 Å². The number of ether oxygens (including phenoxy) is 3. The summed E-state index contributed by atoms with van der Waals surface area (Å²) in [4.78, 5) is 0. The van der Waals surface area contributed by atoms with Crippen molar-refractivity contribution in [3.63, 3.8) is 0 Å². The molecule has 0 aliphatic carbocycles. The second-order valence-electron chi connectivity index (χ2n) is 3.49. The van der Waals surface area contributed by atoms with Gasteiger partial charge in [0.05, 0.1) is 12.3 Å². The lowest BCUT2D eigenvalue weighted by atomic mass is 10.3. The number of halogens is 1. The number of hydrogen-bond donors (Lipinski definition) is 1. The van der Waals surface area contributed by atoms with Crippen molar-refractivity contribution < 1.29 is 14.2 Å². The summed E-state index contributed by atoms with van der Waals surface area (Å²) in [6.45, 7) is 2.36. The van der Waals surface area contributed by atoms with Gasteiger partial charge in [0, 0.05) is 31.4 Å². The molecule has 0 aromatic heterocycles. The monoisotopic (exact) mass is 259 g/mol. The van der Waals surface area contributed by atoms with E-state index in [1.54, 1.807) is 25.3 Å². The van der Waals surface area contributed by atoms with E-state index in [9.17, 15) is 0 Å². The highest BCUT2D eigenvalue weighted by Gasteiger charge is 2.01. The zero-order chi connectivity index (χ0) is 12.5. The van der Waals surface area contributed by atoms with Crippen LogP contribution in [0.3, 0.4) is 0 Å². The van der Waals surface area contributed by atoms with Crippen molar-refractivity contribution in [2.24, 2.45) is 0 Å². The van der Waals surface area contributed by atoms with Crippen LogP contribution in [0, 0.1) is 0 Å². The third kappa shape index (κ3) is 5.77. The van der Waals surface area contributed by atoms with E-state index in [-0.39, 0.29) is 0 Å². The first kappa shape index (κ1) is 14.1. The Balaban J connectivity index is 2.15. The van der Waals surface area contributed by atoms with Gasteiger partial charge in [0.2, 0.25) is 0 Å². The Bertz CT molecular complexity index is 334. The lowest BCUT2D eigenvalue weighted by Crippen LogP contribution is -2.09. The Morgan fingerprint density at radius 2 is 2.00 bits per heavy atom. The summed E-state index contributed by atoms with van der Waals surface area (Å²) in [6, 6.07) is 5.14. The number of nitrogens with two attached hydrogens (primary N) is 1. The average molecular weight is 260 g/mol. The predicted octanol–water partition coefficient (Wildman–Crippen LogP) is 2.35. The fourth-order valence-electron chi connectivity index (χ4n) is 1.25. The predicted molar refractivity (Wildman–Crippen MR) is 68.7 cm³/mol. The molecule has 0 unspecified atom stereocenters. The summed E-state index contributed by atoms with van der Waals surface area (Å²) < 4.78 is 15.7. The van der Waals surface area contributed by atoms with E-state index in [2.05, 4.69) is 0 Å². The fourth-order valence-corrected chi connectivity index (χ4v) is 1.41. The van der Waals surface area contributed by atoms with Crippen LogP contribution in [0.1, 0.15) is 6.42 Å². The molecule has 1 aromatic rings. The van der Waals surface area contributed by atoms with Crippen LogP contribution >= 0.6 is 11.6 Å². The van der Waals surface area contributed by atoms with Crippen LogP contribution in [0.2, 0.25) is 5.02 Å². The van der Waals surface area contributed by atoms with Crippen LogP contribution in [-0.2, 0) is 9.47 Å². The Morgan fingerprint density at radius 1 is 1.18 bits per heavy atom. The summed E-state index contributed by atoms with van der Waals surface area (Å²) in [7, 11) is 1.67. The van der Waals surface area contributed by atoms with E-state index < -0.39 is 0 Å². The third-order valence-corrected chi connectivity index (χ3v) is 2.33. The topological polar surface area (TPSA) is 53.7 Å². The van der Waals surface area contributed by atoms with Gasteiger partial charge in [0.15, 0.2) is 0 Å². The van der Waals surface area contributed by atoms with Crippen LogP contribution in [0.5, 0.6) is 5.75 Å². The van der Waals surface area contributed by atoms with E-state index in [0.29, 0.717) is 42.9 Å². The second kappa shape index (κ2) is 8.17. The largest absolute Gasteiger partial charge is 0.489 e. The lowest BCUT2D eigenvalue weighted by molar-refractivity contribution is 0.0808. The molecule has 0 aliphatic rings. The minimum atomic E-state index is 0.456. The summed E-state index contributed by atoms with van der Waals surface area (Å²) in [6.07, 6.45) is 0.885. The van der Waals surface area contributed by atoms with Gasteiger partial charge in [-0.05, 0) is 18.6 Å². The Labute approximate surface area is 107 Å². The van der Waals surface area contributed by atoms with Gasteiger partial charge < -0.3 is 19.9 Å². The van der Waals surface area contributed by atoms with Crippen molar-refractivity contribution in [2.75, 3.05) is 39.3 Å². The van der Waals surface area contributed by atoms with Gasteiger partial charge in [-0.15, -0.1) is 0 Å². The van der Waals surface area contributed by atoms with Gasteiger partial charge in [0.1, 0.15) is 12.4 Å². The standard InChI is InChI=1S/C12H18ClNO3/c1-15-5-2-6-16-7-8-17-12-9-10(13)3-4-11(12)14/h3-4,9H,2,5-8,14H2,1H3. The van der Waals surface area contributed by atoms with Crippen LogP contribution in [0.15, 0.2) is 18.2 Å². The molecule has 0 radical (unpaired) electrons. The highest BCUT2D eigenvalue weighted by atomic mass is 35.5. The second-order valence-corrected chi connectivity index (χ2v) is 3.93. The lowest BCUT2D eigenvalue weighted by Gasteiger charge is -2.09. The molecular formula is C12H18ClNO3. The minimum absolute atomic E-state index is 0.456. The Morgan fingerprint density at radius 3 is 2.76 bits per heavy atom. The smallest absolute Gasteiger partial charge is 0.143 e. The number of benzene rings is 1. The molecule has 0 aliphatic heterocycles. The van der Waals surface area contributed by atoms with E-state index in [1.807, 2.05) is 0 Å². The highest BCUT2D eigenvalue weighted by Crippen LogP contribution is 2.25. The molecule has 0 saturated heterocycles. The van der Waals surface area contributed by atoms with Crippen molar-refractivity contribution in [2.45, 2.75) is 6.42 Å². The van der Waals surface area contributed by atoms with Crippen molar-refractivity contribution in [3.8, 4) is 5.75 Å². The zero-order valence-corrected chi connectivity index (χ0v) is 10.7. The summed E-state index contributed by atoms with van der Waals surface area (Å²) in [5.41, 5.74) is 6.31. The maximum atomic E-state index is 5.83. The van der Waals surface area contributed by atoms with Crippen molar-refractivity contribution in [1.82, 2.24) is 0 Å². The van der Waals surface area contributed by atoms with Gasteiger partial charge in [-0.25, -0.2) is 0 Å².